The van der Waals surface area contributed by atoms with Crippen molar-refractivity contribution in [3.63, 3.8) is 0 Å². The minimum Gasteiger partial charge on any atom is -0.421 e. The Morgan fingerprint density at radius 2 is 0.875 bits per heavy atom. The summed E-state index contributed by atoms with van der Waals surface area (Å²) in [6.07, 6.45) is 0. The second kappa shape index (κ2) is 12.3. The number of fused-ring (bicyclic) bond motifs is 13. The molecule has 4 heteroatoms. The Labute approximate surface area is 324 Å². The molecule has 262 valence electrons. The van der Waals surface area contributed by atoms with E-state index in [9.17, 15) is 0 Å². The van der Waals surface area contributed by atoms with Crippen LogP contribution in [0, 0.1) is 10.8 Å². The van der Waals surface area contributed by atoms with E-state index in [4.69, 9.17) is 20.5 Å². The van der Waals surface area contributed by atoms with Crippen molar-refractivity contribution in [3.05, 3.63) is 221 Å². The summed E-state index contributed by atoms with van der Waals surface area (Å²) in [5, 5.41) is 20.2. The monoisotopic (exact) mass is 715 g/mol. The van der Waals surface area contributed by atoms with Gasteiger partial charge in [-0.3, -0.25) is 10.8 Å². The van der Waals surface area contributed by atoms with Gasteiger partial charge in [0.1, 0.15) is 0 Å². The van der Waals surface area contributed by atoms with E-state index in [0.717, 1.165) is 38.7 Å². The van der Waals surface area contributed by atoms with Crippen molar-refractivity contribution in [1.82, 2.24) is 4.98 Å². The van der Waals surface area contributed by atoms with Gasteiger partial charge in [0.2, 0.25) is 11.8 Å². The first-order valence-corrected chi connectivity index (χ1v) is 18.9. The number of nitrogens with one attached hydrogen (secondary N) is 2. The van der Waals surface area contributed by atoms with Gasteiger partial charge < -0.3 is 4.74 Å². The van der Waals surface area contributed by atoms with E-state index < -0.39 is 5.41 Å². The first kappa shape index (κ1) is 32.0. The van der Waals surface area contributed by atoms with Crippen molar-refractivity contribution in [2.75, 3.05) is 0 Å². The maximum atomic E-state index is 8.46. The van der Waals surface area contributed by atoms with Crippen molar-refractivity contribution < 1.29 is 4.74 Å². The van der Waals surface area contributed by atoms with E-state index in [2.05, 4.69) is 133 Å². The second-order valence-corrected chi connectivity index (χ2v) is 14.6. The number of rotatable bonds is 4. The molecule has 2 N–H and O–H groups in total. The van der Waals surface area contributed by atoms with Crippen LogP contribution in [0.5, 0.6) is 0 Å². The number of hydrogen-bond acceptors (Lipinski definition) is 4. The predicted molar refractivity (Wildman–Crippen MR) is 228 cm³/mol. The van der Waals surface area contributed by atoms with Crippen molar-refractivity contribution in [2.24, 2.45) is 0 Å². The Morgan fingerprint density at radius 1 is 0.393 bits per heavy atom. The summed E-state index contributed by atoms with van der Waals surface area (Å²) in [5.41, 5.74) is 16.3. The van der Waals surface area contributed by atoms with Crippen LogP contribution >= 0.6 is 0 Å². The fraction of sp³-hybridized carbons (Fsp3) is 0.0192. The molecule has 9 aromatic rings. The third kappa shape index (κ3) is 4.63. The van der Waals surface area contributed by atoms with Crippen LogP contribution in [0.25, 0.3) is 66.3 Å². The molecule has 2 aliphatic rings. The average molecular weight is 716 g/mol. The van der Waals surface area contributed by atoms with Crippen molar-refractivity contribution in [1.29, 1.82) is 10.8 Å². The van der Waals surface area contributed by atoms with Crippen LogP contribution in [0.15, 0.2) is 188 Å². The van der Waals surface area contributed by atoms with E-state index in [-0.39, 0.29) is 11.8 Å². The smallest absolute Gasteiger partial charge is 0.221 e. The molecule has 0 saturated carbocycles. The summed E-state index contributed by atoms with van der Waals surface area (Å²) in [4.78, 5) is 5.34. The maximum absolute atomic E-state index is 8.46. The molecule has 8 aromatic carbocycles. The van der Waals surface area contributed by atoms with Gasteiger partial charge in [-0.2, -0.15) is 0 Å². The predicted octanol–water partition coefficient (Wildman–Crippen LogP) is 12.4. The lowest BCUT2D eigenvalue weighted by molar-refractivity contribution is 0.538. The molecule has 0 unspecified atom stereocenters. The minimum absolute atomic E-state index is 0.0482. The molecule has 0 saturated heterocycles. The van der Waals surface area contributed by atoms with E-state index in [1.807, 2.05) is 42.5 Å². The molecule has 2 aliphatic carbocycles. The fourth-order valence-electron chi connectivity index (χ4n) is 9.20. The van der Waals surface area contributed by atoms with E-state index >= 15 is 0 Å². The van der Waals surface area contributed by atoms with E-state index in [0.29, 0.717) is 11.1 Å². The Morgan fingerprint density at radius 3 is 1.50 bits per heavy atom. The lowest BCUT2D eigenvalue weighted by atomic mass is 9.70. The van der Waals surface area contributed by atoms with Gasteiger partial charge in [-0.05, 0) is 103 Å². The summed E-state index contributed by atoms with van der Waals surface area (Å²) in [5.74, 6) is -0.107. The van der Waals surface area contributed by atoms with Crippen LogP contribution in [-0.4, -0.2) is 16.8 Å². The largest absolute Gasteiger partial charge is 0.421 e. The Balaban J connectivity index is 1.02. The summed E-state index contributed by atoms with van der Waals surface area (Å²) >= 11 is 0. The number of ether oxygens (including phenoxy) is 1. The zero-order valence-electron chi connectivity index (χ0n) is 30.3. The maximum Gasteiger partial charge on any atom is 0.221 e. The van der Waals surface area contributed by atoms with Gasteiger partial charge >= 0.3 is 0 Å². The molecule has 1 aromatic heterocycles. The zero-order chi connectivity index (χ0) is 37.4. The van der Waals surface area contributed by atoms with Crippen LogP contribution in [0.4, 0.5) is 0 Å². The molecule has 56 heavy (non-hydrogen) atoms. The van der Waals surface area contributed by atoms with Gasteiger partial charge in [-0.25, -0.2) is 4.98 Å². The van der Waals surface area contributed by atoms with E-state index in [1.165, 1.54) is 49.9 Å². The lowest BCUT2D eigenvalue weighted by Crippen LogP contribution is -2.25. The highest BCUT2D eigenvalue weighted by Crippen LogP contribution is 2.63. The zero-order valence-corrected chi connectivity index (χ0v) is 30.3. The van der Waals surface area contributed by atoms with Gasteiger partial charge in [0, 0.05) is 27.5 Å². The molecule has 4 nitrogen and oxygen atoms in total. The summed E-state index contributed by atoms with van der Waals surface area (Å²) < 4.78 is 5.56. The van der Waals surface area contributed by atoms with Crippen LogP contribution in [0.2, 0.25) is 0 Å². The van der Waals surface area contributed by atoms with Crippen molar-refractivity contribution in [2.45, 2.75) is 5.41 Å². The van der Waals surface area contributed by atoms with Gasteiger partial charge in [-0.15, -0.1) is 0 Å². The standard InChI is InChI=1S/C52H33N3O/c53-50(35-12-2-1-3-13-35)56-51(54)36-28-24-33(25-29-36)32-22-26-34(27-23-32)49-43-30-42-39-16-6-10-20-46(39)52(47(42)31-41(43)40-17-7-11-21-48(40)55-49)44-18-8-4-14-37(44)38-15-5-9-19-45(38)52/h1-31,53-54H. The molecular formula is C52H33N3O. The summed E-state index contributed by atoms with van der Waals surface area (Å²) in [6.45, 7) is 0. The fourth-order valence-corrected chi connectivity index (χ4v) is 9.20. The third-order valence-corrected chi connectivity index (χ3v) is 11.7. The highest BCUT2D eigenvalue weighted by molar-refractivity contribution is 6.14. The van der Waals surface area contributed by atoms with Crippen LogP contribution < -0.4 is 0 Å². The van der Waals surface area contributed by atoms with Gasteiger partial charge in [-0.1, -0.05) is 146 Å². The quantitative estimate of drug-likeness (QED) is 0.108. The summed E-state index contributed by atoms with van der Waals surface area (Å²) in [6, 6.07) is 65.8. The number of nitrogens with zero attached hydrogens (tertiary/aromatic N) is 1. The molecule has 0 aliphatic heterocycles. The van der Waals surface area contributed by atoms with Crippen molar-refractivity contribution >= 4 is 33.5 Å². The van der Waals surface area contributed by atoms with Crippen LogP contribution in [-0.2, 0) is 10.2 Å². The first-order valence-electron chi connectivity index (χ1n) is 18.9. The minimum atomic E-state index is -0.413. The Kier molecular flexibility index (Phi) is 7.04. The number of benzene rings is 8. The molecular weight excluding hydrogens is 683 g/mol. The highest BCUT2D eigenvalue weighted by atomic mass is 16.5. The normalized spacial score (nSPS) is 12.9. The molecule has 1 spiro atoms. The third-order valence-electron chi connectivity index (χ3n) is 11.7. The van der Waals surface area contributed by atoms with Crippen molar-refractivity contribution in [3.8, 4) is 44.6 Å². The van der Waals surface area contributed by atoms with E-state index in [1.54, 1.807) is 12.1 Å². The Bertz CT molecular complexity index is 3030. The molecule has 0 atom stereocenters. The number of pyridine rings is 1. The second-order valence-electron chi connectivity index (χ2n) is 14.6. The van der Waals surface area contributed by atoms with Gasteiger partial charge in [0.05, 0.1) is 16.6 Å². The van der Waals surface area contributed by atoms with Crippen LogP contribution in [0.1, 0.15) is 33.4 Å². The SMILES string of the molecule is N=C(OC(=N)c1ccc(-c2ccc(-c3nc4ccccc4c4cc5c(cc34)-c3ccccc3C53c4ccccc4-c4ccccc43)cc2)cc1)c1ccccc1. The molecule has 1 heterocycles. The number of aromatic nitrogens is 1. The average Bonchev–Trinajstić information content (AvgIpc) is 3.73. The Hall–Kier alpha value is -7.43. The molecule has 0 radical (unpaired) electrons. The highest BCUT2D eigenvalue weighted by Gasteiger charge is 2.51. The number of para-hydroxylation sites is 1. The molecule has 0 bridgehead atoms. The molecule has 0 fully saturated rings. The molecule has 11 rings (SSSR count). The number of hydrogen-bond donors (Lipinski definition) is 2. The van der Waals surface area contributed by atoms with Crippen LogP contribution in [0.3, 0.4) is 0 Å². The van der Waals surface area contributed by atoms with Gasteiger partial charge in [0.15, 0.2) is 0 Å². The van der Waals surface area contributed by atoms with Gasteiger partial charge in [0.25, 0.3) is 0 Å². The first-order chi connectivity index (χ1) is 27.6. The summed E-state index contributed by atoms with van der Waals surface area (Å²) in [7, 11) is 0. The lowest BCUT2D eigenvalue weighted by Gasteiger charge is -2.30. The molecule has 0 amide bonds. The topological polar surface area (TPSA) is 69.8 Å².